The summed E-state index contributed by atoms with van der Waals surface area (Å²) in [7, 11) is 0. The summed E-state index contributed by atoms with van der Waals surface area (Å²) in [6.45, 7) is 0. The van der Waals surface area contributed by atoms with Gasteiger partial charge in [-0.25, -0.2) is 4.79 Å². The fourth-order valence-corrected chi connectivity index (χ4v) is 1.27. The molecule has 0 unspecified atom stereocenters. The van der Waals surface area contributed by atoms with Crippen molar-refractivity contribution in [3.63, 3.8) is 0 Å². The summed E-state index contributed by atoms with van der Waals surface area (Å²) in [6, 6.07) is 8.43. The summed E-state index contributed by atoms with van der Waals surface area (Å²) < 4.78 is 4.88. The van der Waals surface area contributed by atoms with Crippen LogP contribution in [0.25, 0.3) is 0 Å². The van der Waals surface area contributed by atoms with Crippen LogP contribution in [0.15, 0.2) is 47.3 Å². The molecule has 0 radical (unpaired) electrons. The second-order valence-corrected chi connectivity index (χ2v) is 2.99. The molecule has 1 heterocycles. The van der Waals surface area contributed by atoms with Gasteiger partial charge in [-0.2, -0.15) is 0 Å². The molecule has 0 aliphatic carbocycles. The van der Waals surface area contributed by atoms with Crippen LogP contribution in [0.5, 0.6) is 0 Å². The predicted molar refractivity (Wildman–Crippen MR) is 55.4 cm³/mol. The molecule has 0 atom stereocenters. The van der Waals surface area contributed by atoms with E-state index in [2.05, 4.69) is 5.32 Å². The van der Waals surface area contributed by atoms with Gasteiger partial charge in [-0.3, -0.25) is 0 Å². The SMILES string of the molecule is O=C(O)c1ccccc1Nc1ccoc1. The summed E-state index contributed by atoms with van der Waals surface area (Å²) in [5, 5.41) is 11.9. The van der Waals surface area contributed by atoms with E-state index < -0.39 is 5.97 Å². The van der Waals surface area contributed by atoms with Gasteiger partial charge in [0.05, 0.1) is 23.2 Å². The van der Waals surface area contributed by atoms with E-state index in [4.69, 9.17) is 9.52 Å². The monoisotopic (exact) mass is 203 g/mol. The van der Waals surface area contributed by atoms with E-state index >= 15 is 0 Å². The quantitative estimate of drug-likeness (QED) is 0.805. The van der Waals surface area contributed by atoms with Crippen molar-refractivity contribution in [3.05, 3.63) is 48.4 Å². The Hall–Kier alpha value is -2.23. The highest BCUT2D eigenvalue weighted by Crippen LogP contribution is 2.20. The molecule has 2 N–H and O–H groups in total. The van der Waals surface area contributed by atoms with Gasteiger partial charge >= 0.3 is 5.97 Å². The van der Waals surface area contributed by atoms with Crippen molar-refractivity contribution in [2.45, 2.75) is 0 Å². The Morgan fingerprint density at radius 3 is 2.73 bits per heavy atom. The van der Waals surface area contributed by atoms with Crippen molar-refractivity contribution in [3.8, 4) is 0 Å². The van der Waals surface area contributed by atoms with Gasteiger partial charge in [0.15, 0.2) is 0 Å². The third-order valence-electron chi connectivity index (χ3n) is 1.96. The van der Waals surface area contributed by atoms with E-state index in [9.17, 15) is 4.79 Å². The maximum atomic E-state index is 10.9. The van der Waals surface area contributed by atoms with Gasteiger partial charge in [0, 0.05) is 0 Å². The Morgan fingerprint density at radius 2 is 2.07 bits per heavy atom. The molecular weight excluding hydrogens is 194 g/mol. The van der Waals surface area contributed by atoms with Gasteiger partial charge in [-0.1, -0.05) is 12.1 Å². The van der Waals surface area contributed by atoms with Gasteiger partial charge in [0.2, 0.25) is 0 Å². The van der Waals surface area contributed by atoms with Crippen molar-refractivity contribution >= 4 is 17.3 Å². The minimum absolute atomic E-state index is 0.235. The van der Waals surface area contributed by atoms with Crippen LogP contribution in [-0.4, -0.2) is 11.1 Å². The molecule has 0 aliphatic rings. The standard InChI is InChI=1S/C11H9NO3/c13-11(14)9-3-1-2-4-10(9)12-8-5-6-15-7-8/h1-7,12H,(H,13,14). The van der Waals surface area contributed by atoms with Gasteiger partial charge < -0.3 is 14.8 Å². The highest BCUT2D eigenvalue weighted by atomic mass is 16.4. The van der Waals surface area contributed by atoms with Crippen molar-refractivity contribution in [1.82, 2.24) is 0 Å². The van der Waals surface area contributed by atoms with E-state index in [0.29, 0.717) is 5.69 Å². The zero-order chi connectivity index (χ0) is 10.7. The number of anilines is 2. The fourth-order valence-electron chi connectivity index (χ4n) is 1.27. The Kier molecular flexibility index (Phi) is 2.41. The Morgan fingerprint density at radius 1 is 1.27 bits per heavy atom. The number of carboxylic acids is 1. The minimum atomic E-state index is -0.957. The number of nitrogens with one attached hydrogen (secondary N) is 1. The van der Waals surface area contributed by atoms with Crippen LogP contribution in [0.4, 0.5) is 11.4 Å². The molecule has 4 nitrogen and oxygen atoms in total. The van der Waals surface area contributed by atoms with Crippen molar-refractivity contribution in [2.75, 3.05) is 5.32 Å². The molecule has 0 spiro atoms. The lowest BCUT2D eigenvalue weighted by atomic mass is 10.2. The average Bonchev–Trinajstić information content (AvgIpc) is 2.71. The second-order valence-electron chi connectivity index (χ2n) is 2.99. The summed E-state index contributed by atoms with van der Waals surface area (Å²) in [5.41, 5.74) is 1.51. The van der Waals surface area contributed by atoms with Crippen LogP contribution in [0.3, 0.4) is 0 Å². The number of furan rings is 1. The molecule has 0 fully saturated rings. The van der Waals surface area contributed by atoms with Crippen molar-refractivity contribution < 1.29 is 14.3 Å². The van der Waals surface area contributed by atoms with E-state index in [-0.39, 0.29) is 5.56 Å². The van der Waals surface area contributed by atoms with Crippen LogP contribution >= 0.6 is 0 Å². The first-order valence-electron chi connectivity index (χ1n) is 4.39. The van der Waals surface area contributed by atoms with Gasteiger partial charge in [-0.15, -0.1) is 0 Å². The van der Waals surface area contributed by atoms with Crippen LogP contribution in [0.2, 0.25) is 0 Å². The molecule has 2 aromatic rings. The van der Waals surface area contributed by atoms with E-state index in [1.54, 1.807) is 30.3 Å². The summed E-state index contributed by atoms with van der Waals surface area (Å²) in [5.74, 6) is -0.957. The van der Waals surface area contributed by atoms with E-state index in [1.807, 2.05) is 0 Å². The number of benzene rings is 1. The number of carboxylic acid groups (broad SMARTS) is 1. The fraction of sp³-hybridized carbons (Fsp3) is 0. The number of rotatable bonds is 3. The Balaban J connectivity index is 2.32. The molecule has 15 heavy (non-hydrogen) atoms. The van der Waals surface area contributed by atoms with Crippen LogP contribution in [0, 0.1) is 0 Å². The smallest absolute Gasteiger partial charge is 0.337 e. The lowest BCUT2D eigenvalue weighted by molar-refractivity contribution is 0.0698. The molecule has 0 saturated heterocycles. The summed E-state index contributed by atoms with van der Waals surface area (Å²) >= 11 is 0. The Labute approximate surface area is 86.2 Å². The van der Waals surface area contributed by atoms with E-state index in [0.717, 1.165) is 5.69 Å². The third-order valence-corrected chi connectivity index (χ3v) is 1.96. The molecule has 2 rings (SSSR count). The summed E-state index contributed by atoms with van der Waals surface area (Å²) in [6.07, 6.45) is 3.03. The van der Waals surface area contributed by atoms with E-state index in [1.165, 1.54) is 12.5 Å². The molecule has 0 aliphatic heterocycles. The average molecular weight is 203 g/mol. The summed E-state index contributed by atoms with van der Waals surface area (Å²) in [4.78, 5) is 10.9. The molecule has 4 heteroatoms. The molecule has 76 valence electrons. The predicted octanol–water partition coefficient (Wildman–Crippen LogP) is 2.72. The van der Waals surface area contributed by atoms with Crippen LogP contribution in [0.1, 0.15) is 10.4 Å². The lowest BCUT2D eigenvalue weighted by Crippen LogP contribution is -2.01. The lowest BCUT2D eigenvalue weighted by Gasteiger charge is -2.06. The number of hydrogen-bond donors (Lipinski definition) is 2. The molecule has 1 aromatic carbocycles. The molecule has 0 saturated carbocycles. The number of aromatic carboxylic acids is 1. The number of hydrogen-bond acceptors (Lipinski definition) is 3. The number of para-hydroxylation sites is 1. The first kappa shape index (κ1) is 9.33. The molecule has 0 amide bonds. The van der Waals surface area contributed by atoms with Gasteiger partial charge in [0.1, 0.15) is 6.26 Å². The molecular formula is C11H9NO3. The maximum Gasteiger partial charge on any atom is 0.337 e. The van der Waals surface area contributed by atoms with Gasteiger partial charge in [-0.05, 0) is 18.2 Å². The zero-order valence-corrected chi connectivity index (χ0v) is 7.81. The first-order valence-corrected chi connectivity index (χ1v) is 4.39. The topological polar surface area (TPSA) is 62.5 Å². The molecule has 0 bridgehead atoms. The highest BCUT2D eigenvalue weighted by molar-refractivity contribution is 5.95. The Bertz CT molecular complexity index is 462. The zero-order valence-electron chi connectivity index (χ0n) is 7.81. The van der Waals surface area contributed by atoms with Crippen molar-refractivity contribution in [2.24, 2.45) is 0 Å². The van der Waals surface area contributed by atoms with Crippen LogP contribution < -0.4 is 5.32 Å². The van der Waals surface area contributed by atoms with Crippen molar-refractivity contribution in [1.29, 1.82) is 0 Å². The normalized spacial score (nSPS) is 9.87. The third kappa shape index (κ3) is 1.99. The maximum absolute atomic E-state index is 10.9. The highest BCUT2D eigenvalue weighted by Gasteiger charge is 2.08. The minimum Gasteiger partial charge on any atom is -0.478 e. The molecule has 1 aromatic heterocycles. The largest absolute Gasteiger partial charge is 0.478 e. The van der Waals surface area contributed by atoms with Gasteiger partial charge in [0.25, 0.3) is 0 Å². The van der Waals surface area contributed by atoms with Crippen LogP contribution in [-0.2, 0) is 0 Å². The first-order chi connectivity index (χ1) is 7.27. The number of carbonyl (C=O) groups is 1. The second kappa shape index (κ2) is 3.88.